The third-order valence-electron chi connectivity index (χ3n) is 2.27. The molecule has 1 heterocycles. The molecule has 9 heteroatoms. The molecule has 0 aliphatic rings. The summed E-state index contributed by atoms with van der Waals surface area (Å²) < 4.78 is 63.4. The Morgan fingerprint density at radius 1 is 1.05 bits per heavy atom. The molecular formula is C10H3BrClF5N2. The van der Waals surface area contributed by atoms with Gasteiger partial charge >= 0.3 is 12.1 Å². The number of benzene rings is 1. The number of hydrogen-bond acceptors (Lipinski definition) is 2. The van der Waals surface area contributed by atoms with Gasteiger partial charge in [-0.2, -0.15) is 22.0 Å². The normalized spacial score (nSPS) is 13.0. The Bertz CT molecular complexity index is 644. The van der Waals surface area contributed by atoms with E-state index in [-0.39, 0.29) is 15.4 Å². The first-order chi connectivity index (χ1) is 8.64. The van der Waals surface area contributed by atoms with Crippen molar-refractivity contribution in [1.29, 1.82) is 0 Å². The number of aromatic nitrogens is 2. The fourth-order valence-electron chi connectivity index (χ4n) is 1.35. The highest BCUT2D eigenvalue weighted by Crippen LogP contribution is 2.43. The molecule has 0 unspecified atom stereocenters. The first-order valence-corrected chi connectivity index (χ1v) is 5.88. The zero-order valence-electron chi connectivity index (χ0n) is 8.77. The van der Waals surface area contributed by atoms with Gasteiger partial charge in [0.25, 0.3) is 0 Å². The van der Waals surface area contributed by atoms with Crippen LogP contribution in [0, 0.1) is 0 Å². The molecule has 0 aliphatic heterocycles. The number of para-hydroxylation sites is 1. The summed E-state index contributed by atoms with van der Waals surface area (Å²) in [6, 6.07) is 4.39. The maximum absolute atomic E-state index is 13.2. The Morgan fingerprint density at radius 3 is 2.26 bits per heavy atom. The maximum atomic E-state index is 13.2. The first kappa shape index (κ1) is 14.4. The minimum atomic E-state index is -5.79. The lowest BCUT2D eigenvalue weighted by Crippen LogP contribution is -2.35. The van der Waals surface area contributed by atoms with E-state index in [1.54, 1.807) is 0 Å². The molecule has 2 aromatic rings. The van der Waals surface area contributed by atoms with Crippen LogP contribution in [0.25, 0.3) is 10.9 Å². The Labute approximate surface area is 116 Å². The summed E-state index contributed by atoms with van der Waals surface area (Å²) in [6.45, 7) is 0. The standard InChI is InChI=1S/C10H3BrClF5N2/c11-5-3-1-2-4-6(5)18-8(19-7(4)12)9(13,14)10(15,16)17/h1-3H. The second-order valence-electron chi connectivity index (χ2n) is 3.55. The number of rotatable bonds is 1. The van der Waals surface area contributed by atoms with Gasteiger partial charge in [-0.3, -0.25) is 0 Å². The van der Waals surface area contributed by atoms with E-state index in [1.165, 1.54) is 18.2 Å². The van der Waals surface area contributed by atoms with Gasteiger partial charge in [-0.05, 0) is 28.1 Å². The lowest BCUT2D eigenvalue weighted by molar-refractivity contribution is -0.292. The quantitative estimate of drug-likeness (QED) is 0.543. The van der Waals surface area contributed by atoms with Crippen molar-refractivity contribution in [2.45, 2.75) is 12.1 Å². The lowest BCUT2D eigenvalue weighted by Gasteiger charge is -2.18. The Hall–Kier alpha value is -1.02. The lowest BCUT2D eigenvalue weighted by atomic mass is 10.2. The zero-order chi connectivity index (χ0) is 14.4. The van der Waals surface area contributed by atoms with Crippen LogP contribution in [-0.4, -0.2) is 16.1 Å². The van der Waals surface area contributed by atoms with Crippen LogP contribution in [0.5, 0.6) is 0 Å². The van der Waals surface area contributed by atoms with Crippen molar-refractivity contribution in [2.24, 2.45) is 0 Å². The van der Waals surface area contributed by atoms with E-state index < -0.39 is 23.1 Å². The van der Waals surface area contributed by atoms with Crippen molar-refractivity contribution in [3.05, 3.63) is 33.6 Å². The largest absolute Gasteiger partial charge is 0.461 e. The molecule has 0 amide bonds. The predicted molar refractivity (Wildman–Crippen MR) is 62.2 cm³/mol. The second-order valence-corrected chi connectivity index (χ2v) is 4.76. The molecule has 19 heavy (non-hydrogen) atoms. The fraction of sp³-hybridized carbons (Fsp3) is 0.200. The van der Waals surface area contributed by atoms with Crippen molar-refractivity contribution >= 4 is 38.4 Å². The topological polar surface area (TPSA) is 25.8 Å². The van der Waals surface area contributed by atoms with Crippen LogP contribution >= 0.6 is 27.5 Å². The number of hydrogen-bond donors (Lipinski definition) is 0. The molecule has 0 saturated heterocycles. The summed E-state index contributed by atoms with van der Waals surface area (Å²) in [5, 5.41) is -0.289. The van der Waals surface area contributed by atoms with Gasteiger partial charge in [0.2, 0.25) is 5.82 Å². The third-order valence-corrected chi connectivity index (χ3v) is 3.20. The Balaban J connectivity index is 2.74. The smallest absolute Gasteiger partial charge is 0.225 e. The number of nitrogens with zero attached hydrogens (tertiary/aromatic N) is 2. The van der Waals surface area contributed by atoms with Gasteiger partial charge in [-0.1, -0.05) is 17.7 Å². The van der Waals surface area contributed by atoms with Gasteiger partial charge in [0.05, 0.1) is 5.52 Å². The molecule has 0 spiro atoms. The van der Waals surface area contributed by atoms with E-state index in [1.807, 2.05) is 0 Å². The molecule has 0 N–H and O–H groups in total. The van der Waals surface area contributed by atoms with E-state index in [0.717, 1.165) is 0 Å². The van der Waals surface area contributed by atoms with Gasteiger partial charge in [-0.25, -0.2) is 9.97 Å². The van der Waals surface area contributed by atoms with E-state index in [9.17, 15) is 22.0 Å². The number of alkyl halides is 5. The minimum absolute atomic E-state index is 0.110. The van der Waals surface area contributed by atoms with Crippen LogP contribution < -0.4 is 0 Å². The molecular weight excluding hydrogens is 358 g/mol. The Kier molecular flexibility index (Phi) is 3.42. The van der Waals surface area contributed by atoms with Crippen molar-refractivity contribution in [2.75, 3.05) is 0 Å². The molecule has 0 aliphatic carbocycles. The number of halogens is 7. The predicted octanol–water partition coefficient (Wildman–Crippen LogP) is 4.70. The molecule has 1 aromatic carbocycles. The zero-order valence-corrected chi connectivity index (χ0v) is 11.1. The average molecular weight is 361 g/mol. The summed E-state index contributed by atoms with van der Waals surface area (Å²) in [6.07, 6.45) is -5.79. The molecule has 0 fully saturated rings. The maximum Gasteiger partial charge on any atom is 0.461 e. The average Bonchev–Trinajstić information content (AvgIpc) is 2.28. The van der Waals surface area contributed by atoms with Gasteiger partial charge in [0.1, 0.15) is 5.15 Å². The fourth-order valence-corrected chi connectivity index (χ4v) is 2.03. The van der Waals surface area contributed by atoms with Crippen molar-refractivity contribution in [3.63, 3.8) is 0 Å². The Morgan fingerprint density at radius 2 is 1.68 bits per heavy atom. The van der Waals surface area contributed by atoms with Crippen molar-refractivity contribution < 1.29 is 22.0 Å². The van der Waals surface area contributed by atoms with Gasteiger partial charge < -0.3 is 0 Å². The molecule has 0 radical (unpaired) electrons. The molecule has 0 atom stereocenters. The van der Waals surface area contributed by atoms with E-state index in [2.05, 4.69) is 25.9 Å². The van der Waals surface area contributed by atoms with Crippen LogP contribution in [0.3, 0.4) is 0 Å². The third kappa shape index (κ3) is 2.38. The van der Waals surface area contributed by atoms with Gasteiger partial charge in [0, 0.05) is 9.86 Å². The van der Waals surface area contributed by atoms with Crippen molar-refractivity contribution in [3.8, 4) is 0 Å². The molecule has 102 valence electrons. The highest BCUT2D eigenvalue weighted by Gasteiger charge is 2.61. The van der Waals surface area contributed by atoms with Gasteiger partial charge in [-0.15, -0.1) is 0 Å². The van der Waals surface area contributed by atoms with Crippen LogP contribution in [-0.2, 0) is 5.92 Å². The van der Waals surface area contributed by atoms with Gasteiger partial charge in [0.15, 0.2) is 0 Å². The van der Waals surface area contributed by atoms with Crippen LogP contribution in [0.1, 0.15) is 5.82 Å². The minimum Gasteiger partial charge on any atom is -0.225 e. The van der Waals surface area contributed by atoms with E-state index in [0.29, 0.717) is 0 Å². The molecule has 2 nitrogen and oxygen atoms in total. The highest BCUT2D eigenvalue weighted by atomic mass is 79.9. The monoisotopic (exact) mass is 360 g/mol. The molecule has 0 saturated carbocycles. The van der Waals surface area contributed by atoms with E-state index in [4.69, 9.17) is 11.6 Å². The molecule has 1 aromatic heterocycles. The summed E-state index contributed by atoms with van der Waals surface area (Å²) >= 11 is 8.62. The molecule has 0 bridgehead atoms. The highest BCUT2D eigenvalue weighted by molar-refractivity contribution is 9.10. The van der Waals surface area contributed by atoms with Crippen LogP contribution in [0.4, 0.5) is 22.0 Å². The van der Waals surface area contributed by atoms with E-state index >= 15 is 0 Å². The van der Waals surface area contributed by atoms with Crippen LogP contribution in [0.2, 0.25) is 5.15 Å². The summed E-state index contributed by atoms with van der Waals surface area (Å²) in [5.74, 6) is -6.84. The second kappa shape index (κ2) is 4.52. The first-order valence-electron chi connectivity index (χ1n) is 4.71. The SMILES string of the molecule is FC(F)(F)C(F)(F)c1nc(Cl)c2cccc(Br)c2n1. The van der Waals surface area contributed by atoms with Crippen molar-refractivity contribution in [1.82, 2.24) is 9.97 Å². The number of fused-ring (bicyclic) bond motifs is 1. The van der Waals surface area contributed by atoms with Crippen LogP contribution in [0.15, 0.2) is 22.7 Å². The summed E-state index contributed by atoms with van der Waals surface area (Å²) in [7, 11) is 0. The molecule has 2 rings (SSSR count). The summed E-state index contributed by atoms with van der Waals surface area (Å²) in [4.78, 5) is 6.31. The summed E-state index contributed by atoms with van der Waals surface area (Å²) in [5.41, 5.74) is -0.110.